The minimum Gasteiger partial charge on any atom is -0.448 e. The first-order chi connectivity index (χ1) is 7.65. The molecule has 1 rings (SSSR count). The van der Waals surface area contributed by atoms with E-state index in [-0.39, 0.29) is 13.2 Å². The predicted molar refractivity (Wildman–Crippen MR) is 64.1 cm³/mol. The van der Waals surface area contributed by atoms with Crippen LogP contribution in [0.4, 0.5) is 9.59 Å². The monoisotopic (exact) mass is 262 g/mol. The molecule has 1 aliphatic rings. The van der Waals surface area contributed by atoms with E-state index in [9.17, 15) is 9.59 Å². The van der Waals surface area contributed by atoms with Crippen LogP contribution in [-0.4, -0.2) is 34.2 Å². The third-order valence-corrected chi connectivity index (χ3v) is 3.31. The van der Waals surface area contributed by atoms with Gasteiger partial charge in [-0.3, -0.25) is 0 Å². The lowest BCUT2D eigenvalue weighted by Crippen LogP contribution is -2.12. The van der Waals surface area contributed by atoms with Crippen molar-refractivity contribution in [2.75, 3.05) is 13.2 Å². The topological polar surface area (TPSA) is 77.3 Å². The zero-order valence-corrected chi connectivity index (χ0v) is 10.4. The molecule has 8 heteroatoms. The zero-order chi connectivity index (χ0) is 12.0. The van der Waals surface area contributed by atoms with Crippen LogP contribution in [0.25, 0.3) is 0 Å². The lowest BCUT2D eigenvalue weighted by molar-refractivity contribution is 0.163. The second kappa shape index (κ2) is 6.54. The Kier molecular flexibility index (Phi) is 5.33. The van der Waals surface area contributed by atoms with E-state index in [1.54, 1.807) is 13.8 Å². The molecule has 0 radical (unpaired) electrons. The van der Waals surface area contributed by atoms with Crippen molar-refractivity contribution >= 4 is 44.5 Å². The molecule has 1 saturated heterocycles. The molecule has 0 bridgehead atoms. The van der Waals surface area contributed by atoms with E-state index in [1.165, 1.54) is 0 Å². The van der Waals surface area contributed by atoms with Crippen molar-refractivity contribution in [1.82, 2.24) is 0 Å². The molecule has 0 aliphatic carbocycles. The van der Waals surface area contributed by atoms with Crippen molar-refractivity contribution in [2.45, 2.75) is 13.8 Å². The van der Waals surface area contributed by atoms with Gasteiger partial charge in [0.1, 0.15) is 0 Å². The van der Waals surface area contributed by atoms with Gasteiger partial charge in [-0.15, -0.1) is 0 Å². The second-order valence-electron chi connectivity index (χ2n) is 2.36. The standard InChI is InChI=1S/C8H10N2O4S2/c1-3-13-5(11)9-7-15-8(16-7)10-6(12)14-4-2/h3-4H2,1-2H3. The molecular weight excluding hydrogens is 252 g/mol. The molecule has 88 valence electrons. The minimum atomic E-state index is -0.632. The van der Waals surface area contributed by atoms with Crippen molar-refractivity contribution in [3.05, 3.63) is 0 Å². The fourth-order valence-corrected chi connectivity index (χ4v) is 2.20. The lowest BCUT2D eigenvalue weighted by Gasteiger charge is -2.14. The van der Waals surface area contributed by atoms with Gasteiger partial charge in [-0.05, 0) is 37.4 Å². The molecule has 1 fully saturated rings. The van der Waals surface area contributed by atoms with Gasteiger partial charge in [0.05, 0.1) is 13.2 Å². The largest absolute Gasteiger partial charge is 0.448 e. The first-order valence-electron chi connectivity index (χ1n) is 4.52. The minimum absolute atomic E-state index is 0.286. The first-order valence-corrected chi connectivity index (χ1v) is 6.15. The summed E-state index contributed by atoms with van der Waals surface area (Å²) in [5.41, 5.74) is 0. The molecule has 16 heavy (non-hydrogen) atoms. The fourth-order valence-electron chi connectivity index (χ4n) is 0.709. The molecule has 0 unspecified atom stereocenters. The van der Waals surface area contributed by atoms with E-state index in [0.717, 1.165) is 23.5 Å². The van der Waals surface area contributed by atoms with Gasteiger partial charge in [0, 0.05) is 0 Å². The first kappa shape index (κ1) is 13.0. The van der Waals surface area contributed by atoms with Crippen LogP contribution in [0.1, 0.15) is 13.8 Å². The average molecular weight is 262 g/mol. The maximum Gasteiger partial charge on any atom is 0.435 e. The Morgan fingerprint density at radius 3 is 1.69 bits per heavy atom. The van der Waals surface area contributed by atoms with Crippen LogP contribution in [0.3, 0.4) is 0 Å². The number of ether oxygens (including phenoxy) is 2. The molecule has 0 spiro atoms. The summed E-state index contributed by atoms with van der Waals surface area (Å²) in [4.78, 5) is 29.1. The summed E-state index contributed by atoms with van der Waals surface area (Å²) in [6.07, 6.45) is -1.26. The van der Waals surface area contributed by atoms with Gasteiger partial charge in [-0.2, -0.15) is 9.98 Å². The van der Waals surface area contributed by atoms with Crippen molar-refractivity contribution in [3.8, 4) is 0 Å². The molecule has 0 saturated carbocycles. The van der Waals surface area contributed by atoms with Crippen molar-refractivity contribution < 1.29 is 19.1 Å². The Hall–Kier alpha value is -1.02. The van der Waals surface area contributed by atoms with Crippen molar-refractivity contribution in [3.63, 3.8) is 0 Å². The molecule has 1 heterocycles. The summed E-state index contributed by atoms with van der Waals surface area (Å²) in [6, 6.07) is 0. The summed E-state index contributed by atoms with van der Waals surface area (Å²) in [5.74, 6) is 0. The lowest BCUT2D eigenvalue weighted by atomic mass is 10.9. The molecule has 0 atom stereocenters. The zero-order valence-electron chi connectivity index (χ0n) is 8.76. The van der Waals surface area contributed by atoms with Gasteiger partial charge in [0.25, 0.3) is 0 Å². The number of thioether (sulfide) groups is 2. The Morgan fingerprint density at radius 2 is 1.38 bits per heavy atom. The highest BCUT2D eigenvalue weighted by molar-refractivity contribution is 8.70. The summed E-state index contributed by atoms with van der Waals surface area (Å²) in [6.45, 7) is 3.98. The van der Waals surface area contributed by atoms with Crippen LogP contribution in [0.15, 0.2) is 9.98 Å². The molecule has 0 aromatic carbocycles. The number of carbonyl (C=O) groups is 2. The van der Waals surface area contributed by atoms with Gasteiger partial charge < -0.3 is 9.47 Å². The van der Waals surface area contributed by atoms with Crippen molar-refractivity contribution in [1.29, 1.82) is 0 Å². The highest BCUT2D eigenvalue weighted by Gasteiger charge is 2.25. The van der Waals surface area contributed by atoms with Gasteiger partial charge >= 0.3 is 12.2 Å². The SMILES string of the molecule is CCOC(=O)N=C1SC(=NC(=O)OCC)S1. The van der Waals surface area contributed by atoms with Crippen LogP contribution < -0.4 is 0 Å². The number of nitrogens with zero attached hydrogens (tertiary/aromatic N) is 2. The van der Waals surface area contributed by atoms with E-state index in [0.29, 0.717) is 8.75 Å². The molecule has 0 aromatic heterocycles. The van der Waals surface area contributed by atoms with Crippen LogP contribution >= 0.6 is 23.5 Å². The number of aliphatic imine (C=N–C) groups is 2. The molecular formula is C8H10N2O4S2. The normalized spacial score (nSPS) is 13.9. The molecule has 6 nitrogen and oxygen atoms in total. The highest BCUT2D eigenvalue weighted by atomic mass is 32.3. The summed E-state index contributed by atoms with van der Waals surface area (Å²) in [5, 5.41) is 0. The highest BCUT2D eigenvalue weighted by Crippen LogP contribution is 2.37. The molecule has 2 amide bonds. The van der Waals surface area contributed by atoms with Crippen LogP contribution in [0.5, 0.6) is 0 Å². The van der Waals surface area contributed by atoms with E-state index in [1.807, 2.05) is 0 Å². The molecule has 1 aliphatic heterocycles. The maximum absolute atomic E-state index is 10.9. The molecule has 0 N–H and O–H groups in total. The number of amides is 2. The predicted octanol–water partition coefficient (Wildman–Crippen LogP) is 2.49. The molecule has 0 aromatic rings. The van der Waals surface area contributed by atoms with Gasteiger partial charge in [0.15, 0.2) is 8.75 Å². The average Bonchev–Trinajstić information content (AvgIpc) is 2.15. The van der Waals surface area contributed by atoms with E-state index >= 15 is 0 Å². The van der Waals surface area contributed by atoms with E-state index in [2.05, 4.69) is 19.5 Å². The number of carbonyl (C=O) groups excluding carboxylic acids is 2. The van der Waals surface area contributed by atoms with Crippen LogP contribution in [0.2, 0.25) is 0 Å². The summed E-state index contributed by atoms with van der Waals surface area (Å²) >= 11 is 2.29. The van der Waals surface area contributed by atoms with Crippen molar-refractivity contribution in [2.24, 2.45) is 9.98 Å². The van der Waals surface area contributed by atoms with E-state index in [4.69, 9.17) is 0 Å². The number of hydrogen-bond acceptors (Lipinski definition) is 6. The Morgan fingerprint density at radius 1 is 1.00 bits per heavy atom. The third-order valence-electron chi connectivity index (χ3n) is 1.25. The summed E-state index contributed by atoms with van der Waals surface area (Å²) in [7, 11) is 0. The quantitative estimate of drug-likeness (QED) is 0.760. The summed E-state index contributed by atoms with van der Waals surface area (Å²) < 4.78 is 10.3. The smallest absolute Gasteiger partial charge is 0.435 e. The van der Waals surface area contributed by atoms with Gasteiger partial charge in [-0.1, -0.05) is 0 Å². The number of rotatable bonds is 2. The maximum atomic E-state index is 10.9. The Labute approximate surface area is 101 Å². The fraction of sp³-hybridized carbons (Fsp3) is 0.500. The van der Waals surface area contributed by atoms with Crippen LogP contribution in [-0.2, 0) is 9.47 Å². The number of hydrogen-bond donors (Lipinski definition) is 0. The van der Waals surface area contributed by atoms with E-state index < -0.39 is 12.2 Å². The third kappa shape index (κ3) is 4.23. The van der Waals surface area contributed by atoms with Gasteiger partial charge in [-0.25, -0.2) is 9.59 Å². The van der Waals surface area contributed by atoms with Crippen LogP contribution in [0, 0.1) is 0 Å². The Bertz CT molecular complexity index is 312. The second-order valence-corrected chi connectivity index (χ2v) is 4.83. The van der Waals surface area contributed by atoms with Gasteiger partial charge in [0.2, 0.25) is 0 Å². The Balaban J connectivity index is 2.37.